The third kappa shape index (κ3) is 6.04. The van der Waals surface area contributed by atoms with Gasteiger partial charge < -0.3 is 24.0 Å². The largest absolute Gasteiger partial charge is 0.469 e. The molecule has 3 saturated heterocycles. The zero-order valence-electron chi connectivity index (χ0n) is 20.0. The lowest BCUT2D eigenvalue weighted by molar-refractivity contribution is -0.141. The second-order valence-corrected chi connectivity index (χ2v) is 9.82. The van der Waals surface area contributed by atoms with Gasteiger partial charge in [0.05, 0.1) is 19.6 Å². The number of cyclic esters (lactones) is 1. The lowest BCUT2D eigenvalue weighted by Gasteiger charge is -2.40. The molecule has 2 amide bonds. The molecule has 3 aliphatic heterocycles. The van der Waals surface area contributed by atoms with Crippen molar-refractivity contribution in [2.45, 2.75) is 70.9 Å². The summed E-state index contributed by atoms with van der Waals surface area (Å²) in [5, 5.41) is 0. The van der Waals surface area contributed by atoms with Crippen molar-refractivity contribution in [3.8, 4) is 0 Å². The summed E-state index contributed by atoms with van der Waals surface area (Å²) < 4.78 is 16.0. The van der Waals surface area contributed by atoms with Gasteiger partial charge >= 0.3 is 18.2 Å². The van der Waals surface area contributed by atoms with Crippen molar-refractivity contribution in [1.82, 2.24) is 19.6 Å². The quantitative estimate of drug-likeness (QED) is 0.458. The van der Waals surface area contributed by atoms with Crippen LogP contribution >= 0.6 is 0 Å². The van der Waals surface area contributed by atoms with E-state index >= 15 is 0 Å². The van der Waals surface area contributed by atoms with Gasteiger partial charge in [0.1, 0.15) is 5.60 Å². The molecule has 10 nitrogen and oxygen atoms in total. The summed E-state index contributed by atoms with van der Waals surface area (Å²) in [5.41, 5.74) is -0.516. The van der Waals surface area contributed by atoms with Crippen LogP contribution in [0.2, 0.25) is 0 Å². The number of rotatable bonds is 5. The Morgan fingerprint density at radius 2 is 1.69 bits per heavy atom. The molecule has 182 valence electrons. The lowest BCUT2D eigenvalue weighted by atomic mass is 10.0. The molecule has 2 unspecified atom stereocenters. The van der Waals surface area contributed by atoms with E-state index in [0.29, 0.717) is 38.9 Å². The predicted molar refractivity (Wildman–Crippen MR) is 117 cm³/mol. The van der Waals surface area contributed by atoms with Gasteiger partial charge in [-0.05, 0) is 40.5 Å². The molecule has 0 bridgehead atoms. The van der Waals surface area contributed by atoms with Crippen LogP contribution in [0.15, 0.2) is 0 Å². The fourth-order valence-corrected chi connectivity index (χ4v) is 4.67. The Hall–Kier alpha value is -2.07. The fraction of sp³-hybridized carbons (Fsp3) is 0.864. The maximum Gasteiger partial charge on any atom is 0.412 e. The lowest BCUT2D eigenvalue weighted by Crippen LogP contribution is -2.55. The predicted octanol–water partition coefficient (Wildman–Crippen LogP) is 1.73. The van der Waals surface area contributed by atoms with Crippen LogP contribution in [0, 0.1) is 0 Å². The monoisotopic (exact) mass is 454 g/mol. The molecule has 32 heavy (non-hydrogen) atoms. The molecule has 0 aliphatic carbocycles. The van der Waals surface area contributed by atoms with Crippen molar-refractivity contribution in [1.29, 1.82) is 0 Å². The fourth-order valence-electron chi connectivity index (χ4n) is 4.67. The first-order valence-corrected chi connectivity index (χ1v) is 11.6. The van der Waals surface area contributed by atoms with Gasteiger partial charge in [-0.2, -0.15) is 0 Å². The van der Waals surface area contributed by atoms with Gasteiger partial charge in [-0.3, -0.25) is 14.6 Å². The molecule has 10 heteroatoms. The van der Waals surface area contributed by atoms with Crippen LogP contribution in [0.3, 0.4) is 0 Å². The smallest absolute Gasteiger partial charge is 0.412 e. The van der Waals surface area contributed by atoms with Gasteiger partial charge in [0.15, 0.2) is 6.23 Å². The zero-order chi connectivity index (χ0) is 23.5. The second-order valence-electron chi connectivity index (χ2n) is 9.82. The van der Waals surface area contributed by atoms with Crippen LogP contribution in [-0.4, -0.2) is 115 Å². The molecule has 0 aromatic rings. The van der Waals surface area contributed by atoms with E-state index in [1.54, 1.807) is 4.90 Å². The molecule has 3 fully saturated rings. The number of esters is 1. The highest BCUT2D eigenvalue weighted by Crippen LogP contribution is 2.30. The number of ether oxygens (including phenoxy) is 3. The number of amides is 2. The van der Waals surface area contributed by atoms with Crippen LogP contribution in [0.4, 0.5) is 9.59 Å². The average molecular weight is 455 g/mol. The third-order valence-electron chi connectivity index (χ3n) is 6.42. The number of hydrogen-bond donors (Lipinski definition) is 0. The van der Waals surface area contributed by atoms with Crippen molar-refractivity contribution < 1.29 is 28.6 Å². The Morgan fingerprint density at radius 3 is 2.25 bits per heavy atom. The molecule has 2 atom stereocenters. The summed E-state index contributed by atoms with van der Waals surface area (Å²) in [4.78, 5) is 44.4. The Balaban J connectivity index is 1.48. The van der Waals surface area contributed by atoms with Crippen LogP contribution in [-0.2, 0) is 19.0 Å². The van der Waals surface area contributed by atoms with E-state index in [-0.39, 0.29) is 36.5 Å². The molecular formula is C22H38N4O6. The summed E-state index contributed by atoms with van der Waals surface area (Å²) >= 11 is 0. The molecule has 0 saturated carbocycles. The number of hydrogen-bond acceptors (Lipinski definition) is 8. The minimum atomic E-state index is -0.516. The molecule has 0 spiro atoms. The summed E-state index contributed by atoms with van der Waals surface area (Å²) in [6.07, 6.45) is 0.983. The van der Waals surface area contributed by atoms with Gasteiger partial charge in [-0.1, -0.05) is 0 Å². The van der Waals surface area contributed by atoms with E-state index in [2.05, 4.69) is 9.80 Å². The normalized spacial score (nSPS) is 26.2. The van der Waals surface area contributed by atoms with Gasteiger partial charge in [0.25, 0.3) is 0 Å². The standard InChI is InChI=1S/C22H38N4O6/c1-16-19(24-14-12-23(13-15-24)9-8-18(27)30-5)31-21(29)26(16)17-6-10-25(11-7-17)20(28)32-22(2,3)4/h16-17,19H,6-15H2,1-5H3. The van der Waals surface area contributed by atoms with Crippen LogP contribution in [0.25, 0.3) is 0 Å². The van der Waals surface area contributed by atoms with E-state index in [4.69, 9.17) is 14.2 Å². The summed E-state index contributed by atoms with van der Waals surface area (Å²) in [6.45, 7) is 12.7. The molecule has 3 heterocycles. The first-order valence-electron chi connectivity index (χ1n) is 11.6. The highest BCUT2D eigenvalue weighted by atomic mass is 16.6. The van der Waals surface area contributed by atoms with Crippen molar-refractivity contribution in [2.24, 2.45) is 0 Å². The van der Waals surface area contributed by atoms with E-state index in [1.165, 1.54) is 7.11 Å². The van der Waals surface area contributed by atoms with Crippen LogP contribution in [0.1, 0.15) is 47.0 Å². The van der Waals surface area contributed by atoms with Crippen molar-refractivity contribution in [3.63, 3.8) is 0 Å². The Labute approximate surface area is 190 Å². The minimum absolute atomic E-state index is 0.0535. The molecule has 0 aromatic carbocycles. The number of carbonyl (C=O) groups excluding carboxylic acids is 3. The van der Waals surface area contributed by atoms with Gasteiger partial charge in [-0.15, -0.1) is 0 Å². The van der Waals surface area contributed by atoms with Gasteiger partial charge in [0, 0.05) is 51.9 Å². The minimum Gasteiger partial charge on any atom is -0.469 e. The van der Waals surface area contributed by atoms with E-state index in [9.17, 15) is 14.4 Å². The second kappa shape index (κ2) is 10.2. The van der Waals surface area contributed by atoms with E-state index in [1.807, 2.05) is 32.6 Å². The SMILES string of the molecule is COC(=O)CCN1CCN(C2OC(=O)N(C3CCN(C(=O)OC(C)(C)C)CC3)C2C)CC1. The first kappa shape index (κ1) is 24.6. The van der Waals surface area contributed by atoms with Crippen molar-refractivity contribution in [3.05, 3.63) is 0 Å². The maximum atomic E-state index is 12.7. The maximum absolute atomic E-state index is 12.7. The van der Waals surface area contributed by atoms with Crippen LogP contribution < -0.4 is 0 Å². The van der Waals surface area contributed by atoms with E-state index < -0.39 is 5.60 Å². The summed E-state index contributed by atoms with van der Waals surface area (Å²) in [5.74, 6) is -0.195. The number of methoxy groups -OCH3 is 1. The number of carbonyl (C=O) groups is 3. The van der Waals surface area contributed by atoms with Crippen LogP contribution in [0.5, 0.6) is 0 Å². The number of piperidine rings is 1. The highest BCUT2D eigenvalue weighted by molar-refractivity contribution is 5.71. The average Bonchev–Trinajstić information content (AvgIpc) is 3.05. The number of piperazine rings is 1. The number of nitrogens with zero attached hydrogens (tertiary/aromatic N) is 4. The number of likely N-dealkylation sites (tertiary alicyclic amines) is 1. The molecule has 0 aromatic heterocycles. The molecule has 3 aliphatic rings. The van der Waals surface area contributed by atoms with E-state index in [0.717, 1.165) is 26.2 Å². The Bertz CT molecular complexity index is 680. The molecule has 0 radical (unpaired) electrons. The summed E-state index contributed by atoms with van der Waals surface area (Å²) in [6, 6.07) is 0.00438. The molecule has 3 rings (SSSR count). The molecular weight excluding hydrogens is 416 g/mol. The van der Waals surface area contributed by atoms with Gasteiger partial charge in [-0.25, -0.2) is 9.59 Å². The molecule has 0 N–H and O–H groups in total. The third-order valence-corrected chi connectivity index (χ3v) is 6.42. The van der Waals surface area contributed by atoms with Crippen molar-refractivity contribution in [2.75, 3.05) is 52.9 Å². The van der Waals surface area contributed by atoms with Gasteiger partial charge in [0.2, 0.25) is 0 Å². The van der Waals surface area contributed by atoms with Crippen molar-refractivity contribution >= 4 is 18.2 Å². The first-order chi connectivity index (χ1) is 15.1. The Morgan fingerprint density at radius 1 is 1.06 bits per heavy atom. The topological polar surface area (TPSA) is 91.9 Å². The zero-order valence-corrected chi connectivity index (χ0v) is 20.0. The Kier molecular flexibility index (Phi) is 7.87. The summed E-state index contributed by atoms with van der Waals surface area (Å²) in [7, 11) is 1.41. The highest BCUT2D eigenvalue weighted by Gasteiger charge is 2.46.